The van der Waals surface area contributed by atoms with Crippen LogP contribution in [0.1, 0.15) is 33.3 Å². The molecule has 102 valence electrons. The summed E-state index contributed by atoms with van der Waals surface area (Å²) >= 11 is 0. The summed E-state index contributed by atoms with van der Waals surface area (Å²) in [6.07, 6.45) is 1.98. The van der Waals surface area contributed by atoms with E-state index in [1.807, 2.05) is 13.0 Å². The third-order valence-electron chi connectivity index (χ3n) is 2.66. The fraction of sp³-hybridized carbons (Fsp3) is 0.643. The highest BCUT2D eigenvalue weighted by atomic mass is 16.5. The molecule has 1 aromatic heterocycles. The second-order valence-corrected chi connectivity index (χ2v) is 5.54. The monoisotopic (exact) mass is 251 g/mol. The van der Waals surface area contributed by atoms with Crippen molar-refractivity contribution < 1.29 is 4.74 Å². The van der Waals surface area contributed by atoms with Gasteiger partial charge in [-0.3, -0.25) is 0 Å². The molecule has 0 amide bonds. The van der Waals surface area contributed by atoms with Crippen LogP contribution in [-0.2, 0) is 11.3 Å². The molecular weight excluding hydrogens is 226 g/mol. The third-order valence-corrected chi connectivity index (χ3v) is 2.66. The Kier molecular flexibility index (Phi) is 5.56. The lowest BCUT2D eigenvalue weighted by Crippen LogP contribution is -2.35. The molecule has 0 spiro atoms. The minimum absolute atomic E-state index is 0.104. The van der Waals surface area contributed by atoms with E-state index >= 15 is 0 Å². The molecule has 2 N–H and O–H groups in total. The van der Waals surface area contributed by atoms with Crippen LogP contribution in [0.5, 0.6) is 0 Å². The van der Waals surface area contributed by atoms with Gasteiger partial charge in [0.05, 0.1) is 6.10 Å². The normalized spacial score (nSPS) is 13.4. The Balaban J connectivity index is 2.62. The van der Waals surface area contributed by atoms with Crippen molar-refractivity contribution >= 4 is 5.82 Å². The summed E-state index contributed by atoms with van der Waals surface area (Å²) < 4.78 is 5.22. The SMILES string of the molecule is COC(C)CNc1ncccc1CNC(C)(C)C. The van der Waals surface area contributed by atoms with Crippen LogP contribution in [0.3, 0.4) is 0 Å². The van der Waals surface area contributed by atoms with E-state index < -0.39 is 0 Å². The predicted molar refractivity (Wildman–Crippen MR) is 75.8 cm³/mol. The van der Waals surface area contributed by atoms with Crippen LogP contribution in [0.15, 0.2) is 18.3 Å². The van der Waals surface area contributed by atoms with Gasteiger partial charge in [0.25, 0.3) is 0 Å². The van der Waals surface area contributed by atoms with Crippen molar-refractivity contribution in [3.8, 4) is 0 Å². The Labute approximate surface area is 110 Å². The number of hydrogen-bond acceptors (Lipinski definition) is 4. The topological polar surface area (TPSA) is 46.2 Å². The van der Waals surface area contributed by atoms with Crippen molar-refractivity contribution in [1.29, 1.82) is 0 Å². The molecule has 4 nitrogen and oxygen atoms in total. The summed E-state index contributed by atoms with van der Waals surface area (Å²) in [5, 5.41) is 6.79. The number of ether oxygens (including phenoxy) is 1. The lowest BCUT2D eigenvalue weighted by molar-refractivity contribution is 0.128. The molecule has 0 saturated carbocycles. The number of hydrogen-bond donors (Lipinski definition) is 2. The second kappa shape index (κ2) is 6.71. The molecular formula is C14H25N3O. The first-order valence-corrected chi connectivity index (χ1v) is 6.38. The maximum atomic E-state index is 5.22. The Hall–Kier alpha value is -1.13. The molecule has 0 aliphatic rings. The first-order valence-electron chi connectivity index (χ1n) is 6.38. The van der Waals surface area contributed by atoms with E-state index in [1.165, 1.54) is 5.56 Å². The van der Waals surface area contributed by atoms with Gasteiger partial charge in [0.1, 0.15) is 5.82 Å². The molecule has 1 heterocycles. The number of nitrogens with zero attached hydrogens (tertiary/aromatic N) is 1. The molecule has 1 aromatic rings. The summed E-state index contributed by atoms with van der Waals surface area (Å²) in [5.41, 5.74) is 1.28. The molecule has 1 unspecified atom stereocenters. The van der Waals surface area contributed by atoms with Gasteiger partial charge < -0.3 is 15.4 Å². The first kappa shape index (κ1) is 14.9. The molecule has 0 radical (unpaired) electrons. The molecule has 4 heteroatoms. The predicted octanol–water partition coefficient (Wildman–Crippen LogP) is 2.42. The van der Waals surface area contributed by atoms with Crippen molar-refractivity contribution in [2.45, 2.75) is 45.9 Å². The Morgan fingerprint density at radius 2 is 2.11 bits per heavy atom. The van der Waals surface area contributed by atoms with Crippen LogP contribution in [0.2, 0.25) is 0 Å². The lowest BCUT2D eigenvalue weighted by atomic mass is 10.1. The molecule has 0 bridgehead atoms. The average molecular weight is 251 g/mol. The molecule has 0 aliphatic carbocycles. The van der Waals surface area contributed by atoms with Crippen LogP contribution in [0, 0.1) is 0 Å². The van der Waals surface area contributed by atoms with E-state index in [-0.39, 0.29) is 11.6 Å². The fourth-order valence-electron chi connectivity index (χ4n) is 1.42. The van der Waals surface area contributed by atoms with Gasteiger partial charge >= 0.3 is 0 Å². The Morgan fingerprint density at radius 1 is 1.39 bits per heavy atom. The van der Waals surface area contributed by atoms with E-state index in [4.69, 9.17) is 4.74 Å². The van der Waals surface area contributed by atoms with Gasteiger partial charge in [0.2, 0.25) is 0 Å². The maximum Gasteiger partial charge on any atom is 0.130 e. The lowest BCUT2D eigenvalue weighted by Gasteiger charge is -2.22. The molecule has 1 atom stereocenters. The molecule has 0 fully saturated rings. The largest absolute Gasteiger partial charge is 0.380 e. The van der Waals surface area contributed by atoms with E-state index in [9.17, 15) is 0 Å². The van der Waals surface area contributed by atoms with Crippen molar-refractivity contribution in [2.24, 2.45) is 0 Å². The zero-order chi connectivity index (χ0) is 13.6. The number of anilines is 1. The zero-order valence-electron chi connectivity index (χ0n) is 12.1. The van der Waals surface area contributed by atoms with Gasteiger partial charge in [0, 0.05) is 37.5 Å². The van der Waals surface area contributed by atoms with Gasteiger partial charge in [-0.25, -0.2) is 4.98 Å². The van der Waals surface area contributed by atoms with Gasteiger partial charge in [-0.1, -0.05) is 6.07 Å². The fourth-order valence-corrected chi connectivity index (χ4v) is 1.42. The van der Waals surface area contributed by atoms with E-state index in [0.717, 1.165) is 18.9 Å². The minimum Gasteiger partial charge on any atom is -0.380 e. The smallest absolute Gasteiger partial charge is 0.130 e. The van der Waals surface area contributed by atoms with E-state index in [0.29, 0.717) is 0 Å². The summed E-state index contributed by atoms with van der Waals surface area (Å²) in [5.74, 6) is 0.929. The van der Waals surface area contributed by atoms with Crippen molar-refractivity contribution in [3.05, 3.63) is 23.9 Å². The van der Waals surface area contributed by atoms with Crippen molar-refractivity contribution in [3.63, 3.8) is 0 Å². The number of rotatable bonds is 6. The first-order chi connectivity index (χ1) is 8.42. The quantitative estimate of drug-likeness (QED) is 0.815. The summed E-state index contributed by atoms with van der Waals surface area (Å²) in [7, 11) is 1.72. The summed E-state index contributed by atoms with van der Waals surface area (Å²) in [6.45, 7) is 10.1. The van der Waals surface area contributed by atoms with Crippen LogP contribution in [-0.4, -0.2) is 30.3 Å². The maximum absolute atomic E-state index is 5.22. The van der Waals surface area contributed by atoms with Gasteiger partial charge in [-0.05, 0) is 33.8 Å². The van der Waals surface area contributed by atoms with Gasteiger partial charge in [0.15, 0.2) is 0 Å². The van der Waals surface area contributed by atoms with E-state index in [2.05, 4.69) is 42.5 Å². The highest BCUT2D eigenvalue weighted by Crippen LogP contribution is 2.13. The number of pyridine rings is 1. The van der Waals surface area contributed by atoms with E-state index in [1.54, 1.807) is 13.3 Å². The van der Waals surface area contributed by atoms with Gasteiger partial charge in [-0.15, -0.1) is 0 Å². The molecule has 1 rings (SSSR count). The van der Waals surface area contributed by atoms with Crippen LogP contribution >= 0.6 is 0 Å². The number of aromatic nitrogens is 1. The van der Waals surface area contributed by atoms with Crippen LogP contribution in [0.25, 0.3) is 0 Å². The van der Waals surface area contributed by atoms with Gasteiger partial charge in [-0.2, -0.15) is 0 Å². The zero-order valence-corrected chi connectivity index (χ0v) is 12.1. The van der Waals surface area contributed by atoms with Crippen LogP contribution < -0.4 is 10.6 Å². The van der Waals surface area contributed by atoms with Crippen molar-refractivity contribution in [1.82, 2.24) is 10.3 Å². The summed E-state index contributed by atoms with van der Waals surface area (Å²) in [6, 6.07) is 4.05. The summed E-state index contributed by atoms with van der Waals surface area (Å²) in [4.78, 5) is 4.38. The van der Waals surface area contributed by atoms with Crippen LogP contribution in [0.4, 0.5) is 5.82 Å². The highest BCUT2D eigenvalue weighted by Gasteiger charge is 2.11. The Bertz CT molecular complexity index is 360. The third kappa shape index (κ3) is 5.47. The number of methoxy groups -OCH3 is 1. The molecule has 0 saturated heterocycles. The molecule has 0 aliphatic heterocycles. The second-order valence-electron chi connectivity index (χ2n) is 5.54. The van der Waals surface area contributed by atoms with Crippen molar-refractivity contribution in [2.75, 3.05) is 19.0 Å². The Morgan fingerprint density at radius 3 is 2.72 bits per heavy atom. The minimum atomic E-state index is 0.104. The molecule has 18 heavy (non-hydrogen) atoms. The number of nitrogens with one attached hydrogen (secondary N) is 2. The highest BCUT2D eigenvalue weighted by molar-refractivity contribution is 5.43. The standard InChI is InChI=1S/C14H25N3O/c1-11(18-5)9-16-13-12(7-6-8-15-13)10-17-14(2,3)4/h6-8,11,17H,9-10H2,1-5H3,(H,15,16). The average Bonchev–Trinajstić information content (AvgIpc) is 2.33. The molecule has 0 aromatic carbocycles.